The van der Waals surface area contributed by atoms with Crippen molar-refractivity contribution in [3.8, 4) is 0 Å². The minimum atomic E-state index is -2.88. The summed E-state index contributed by atoms with van der Waals surface area (Å²) < 4.78 is 27.0. The predicted molar refractivity (Wildman–Crippen MR) is 67.8 cm³/mol. The van der Waals surface area contributed by atoms with E-state index in [0.717, 1.165) is 0 Å². The van der Waals surface area contributed by atoms with E-state index in [1.165, 1.54) is 0 Å². The minimum absolute atomic E-state index is 0.0151. The molecule has 1 saturated heterocycles. The third kappa shape index (κ3) is 5.49. The van der Waals surface area contributed by atoms with Crippen molar-refractivity contribution >= 4 is 47.8 Å². The van der Waals surface area contributed by atoms with Gasteiger partial charge in [0.2, 0.25) is 0 Å². The second-order valence-electron chi connectivity index (χ2n) is 3.64. The van der Waals surface area contributed by atoms with Gasteiger partial charge >= 0.3 is 6.09 Å². The van der Waals surface area contributed by atoms with Crippen LogP contribution in [-0.2, 0) is 14.6 Å². The van der Waals surface area contributed by atoms with Crippen molar-refractivity contribution in [2.45, 2.75) is 10.2 Å². The maximum atomic E-state index is 11.1. The van der Waals surface area contributed by atoms with Crippen LogP contribution in [0, 0.1) is 5.92 Å². The smallest absolute Gasteiger partial charge is 0.407 e. The van der Waals surface area contributed by atoms with Gasteiger partial charge < -0.3 is 10.1 Å². The predicted octanol–water partition coefficient (Wildman–Crippen LogP) is 1.26. The quantitative estimate of drug-likeness (QED) is 0.747. The molecule has 1 rings (SSSR count). The van der Waals surface area contributed by atoms with E-state index in [-0.39, 0.29) is 27.8 Å². The number of halogens is 2. The van der Waals surface area contributed by atoms with Crippen LogP contribution < -0.4 is 5.32 Å². The molecule has 0 radical (unpaired) electrons. The molecule has 1 atom stereocenters. The number of nitrogens with one attached hydrogen (secondary N) is 1. The zero-order valence-electron chi connectivity index (χ0n) is 8.49. The molecule has 1 N–H and O–H groups in total. The molecular formula is C8H13Br2NO4S. The van der Waals surface area contributed by atoms with Crippen LogP contribution in [0.25, 0.3) is 0 Å². The van der Waals surface area contributed by atoms with E-state index in [4.69, 9.17) is 4.74 Å². The summed E-state index contributed by atoms with van der Waals surface area (Å²) in [6.07, 6.45) is 0.0930. The SMILES string of the molecule is O=C(NCC1CCS(=O)(=O)C1)OCC(Br)Br. The number of amides is 1. The zero-order valence-corrected chi connectivity index (χ0v) is 12.5. The van der Waals surface area contributed by atoms with Crippen LogP contribution in [0.1, 0.15) is 6.42 Å². The maximum Gasteiger partial charge on any atom is 0.407 e. The lowest BCUT2D eigenvalue weighted by Gasteiger charge is -2.10. The van der Waals surface area contributed by atoms with Crippen LogP contribution in [0.2, 0.25) is 0 Å². The third-order valence-corrected chi connectivity index (χ3v) is 4.57. The monoisotopic (exact) mass is 377 g/mol. The van der Waals surface area contributed by atoms with E-state index < -0.39 is 15.9 Å². The highest BCUT2D eigenvalue weighted by Crippen LogP contribution is 2.17. The van der Waals surface area contributed by atoms with Crippen LogP contribution >= 0.6 is 31.9 Å². The number of alkyl carbamates (subject to hydrolysis) is 1. The average Bonchev–Trinajstić information content (AvgIpc) is 2.52. The van der Waals surface area contributed by atoms with Gasteiger partial charge in [-0.15, -0.1) is 0 Å². The Balaban J connectivity index is 2.18. The Hall–Kier alpha value is 0.180. The summed E-state index contributed by atoms with van der Waals surface area (Å²) >= 11 is 6.33. The maximum absolute atomic E-state index is 11.1. The fraction of sp³-hybridized carbons (Fsp3) is 0.875. The average molecular weight is 379 g/mol. The van der Waals surface area contributed by atoms with Crippen LogP contribution in [-0.4, -0.2) is 42.9 Å². The van der Waals surface area contributed by atoms with E-state index in [0.29, 0.717) is 13.0 Å². The molecule has 1 aliphatic heterocycles. The number of alkyl halides is 2. The molecular weight excluding hydrogens is 366 g/mol. The highest BCUT2D eigenvalue weighted by molar-refractivity contribution is 9.24. The van der Waals surface area contributed by atoms with Crippen molar-refractivity contribution in [3.05, 3.63) is 0 Å². The summed E-state index contributed by atoms with van der Waals surface area (Å²) in [5.74, 6) is 0.396. The molecule has 1 unspecified atom stereocenters. The number of sulfone groups is 1. The number of rotatable bonds is 4. The number of ether oxygens (including phenoxy) is 1. The lowest BCUT2D eigenvalue weighted by molar-refractivity contribution is 0.151. The van der Waals surface area contributed by atoms with E-state index >= 15 is 0 Å². The molecule has 16 heavy (non-hydrogen) atoms. The van der Waals surface area contributed by atoms with Gasteiger partial charge in [0.05, 0.1) is 11.5 Å². The van der Waals surface area contributed by atoms with Crippen LogP contribution in [0.15, 0.2) is 0 Å². The molecule has 0 saturated carbocycles. The molecule has 1 aliphatic rings. The first-order valence-electron chi connectivity index (χ1n) is 4.78. The largest absolute Gasteiger partial charge is 0.447 e. The normalized spacial score (nSPS) is 23.3. The van der Waals surface area contributed by atoms with Gasteiger partial charge in [0.1, 0.15) is 10.3 Å². The summed E-state index contributed by atoms with van der Waals surface area (Å²) in [7, 11) is -2.88. The van der Waals surface area contributed by atoms with Gasteiger partial charge in [0, 0.05) is 6.54 Å². The molecule has 1 amide bonds. The lowest BCUT2D eigenvalue weighted by Crippen LogP contribution is -2.31. The van der Waals surface area contributed by atoms with E-state index in [1.54, 1.807) is 0 Å². The highest BCUT2D eigenvalue weighted by atomic mass is 79.9. The summed E-state index contributed by atoms with van der Waals surface area (Å²) in [4.78, 5) is 11.1. The molecule has 0 aliphatic carbocycles. The van der Waals surface area contributed by atoms with Crippen molar-refractivity contribution in [2.75, 3.05) is 24.7 Å². The molecule has 1 heterocycles. The van der Waals surface area contributed by atoms with Crippen molar-refractivity contribution in [1.29, 1.82) is 0 Å². The molecule has 0 bridgehead atoms. The van der Waals surface area contributed by atoms with Crippen molar-refractivity contribution in [1.82, 2.24) is 5.32 Å². The van der Waals surface area contributed by atoms with Gasteiger partial charge in [-0.1, -0.05) is 31.9 Å². The fourth-order valence-corrected chi connectivity index (χ4v) is 3.58. The molecule has 8 heteroatoms. The molecule has 0 aromatic rings. The van der Waals surface area contributed by atoms with Crippen LogP contribution in [0.5, 0.6) is 0 Å². The van der Waals surface area contributed by atoms with Gasteiger partial charge in [0.15, 0.2) is 9.84 Å². The van der Waals surface area contributed by atoms with Gasteiger partial charge in [-0.05, 0) is 12.3 Å². The number of hydrogen-bond donors (Lipinski definition) is 1. The first-order valence-corrected chi connectivity index (χ1v) is 8.43. The highest BCUT2D eigenvalue weighted by Gasteiger charge is 2.27. The Morgan fingerprint density at radius 2 is 2.19 bits per heavy atom. The van der Waals surface area contributed by atoms with Crippen molar-refractivity contribution < 1.29 is 17.9 Å². The van der Waals surface area contributed by atoms with E-state index in [1.807, 2.05) is 0 Å². The standard InChI is InChI=1S/C8H13Br2NO4S/c9-7(10)4-15-8(12)11-3-6-1-2-16(13,14)5-6/h6-7H,1-5H2,(H,11,12). The number of carbonyl (C=O) groups is 1. The minimum Gasteiger partial charge on any atom is -0.447 e. The van der Waals surface area contributed by atoms with Crippen molar-refractivity contribution in [2.24, 2.45) is 5.92 Å². The lowest BCUT2D eigenvalue weighted by atomic mass is 10.1. The molecule has 0 aromatic carbocycles. The Bertz CT molecular complexity index is 344. The summed E-state index contributed by atoms with van der Waals surface area (Å²) in [6, 6.07) is 0. The van der Waals surface area contributed by atoms with Crippen LogP contribution in [0.4, 0.5) is 4.79 Å². The third-order valence-electron chi connectivity index (χ3n) is 2.20. The van der Waals surface area contributed by atoms with E-state index in [9.17, 15) is 13.2 Å². The second-order valence-corrected chi connectivity index (χ2v) is 9.31. The number of carbonyl (C=O) groups excluding carboxylic acids is 1. The first-order chi connectivity index (χ1) is 7.39. The van der Waals surface area contributed by atoms with E-state index in [2.05, 4.69) is 37.2 Å². The Labute approximate surface area is 111 Å². The fourth-order valence-electron chi connectivity index (χ4n) is 1.45. The number of hydrogen-bond acceptors (Lipinski definition) is 4. The zero-order chi connectivity index (χ0) is 12.2. The van der Waals surface area contributed by atoms with Gasteiger partial charge in [-0.3, -0.25) is 0 Å². The molecule has 0 aromatic heterocycles. The van der Waals surface area contributed by atoms with Gasteiger partial charge in [0.25, 0.3) is 0 Å². The summed E-state index contributed by atoms with van der Waals surface area (Å²) in [5.41, 5.74) is 0. The van der Waals surface area contributed by atoms with Crippen LogP contribution in [0.3, 0.4) is 0 Å². The summed E-state index contributed by atoms with van der Waals surface area (Å²) in [6.45, 7) is 0.572. The molecule has 1 fully saturated rings. The van der Waals surface area contributed by atoms with Gasteiger partial charge in [-0.25, -0.2) is 13.2 Å². The van der Waals surface area contributed by atoms with Gasteiger partial charge in [-0.2, -0.15) is 0 Å². The second kappa shape index (κ2) is 6.20. The first kappa shape index (κ1) is 14.2. The Morgan fingerprint density at radius 1 is 1.50 bits per heavy atom. The molecule has 5 nitrogen and oxygen atoms in total. The Morgan fingerprint density at radius 3 is 2.69 bits per heavy atom. The topological polar surface area (TPSA) is 72.5 Å². The summed E-state index contributed by atoms with van der Waals surface area (Å²) in [5, 5.41) is 2.55. The van der Waals surface area contributed by atoms with Crippen molar-refractivity contribution in [3.63, 3.8) is 0 Å². The molecule has 94 valence electrons. The Kier molecular flexibility index (Phi) is 5.52. The molecule has 0 spiro atoms.